The number of rotatable bonds is 7. The molecule has 2 bridgehead atoms. The normalized spacial score (nSPS) is 18.2. The van der Waals surface area contributed by atoms with Gasteiger partial charge in [-0.3, -0.25) is 15.0 Å². The number of hydrogen-bond acceptors (Lipinski definition) is 8. The van der Waals surface area contributed by atoms with Crippen LogP contribution in [-0.2, 0) is 0 Å². The molecule has 37 heavy (non-hydrogen) atoms. The Balaban J connectivity index is 1.59. The molecule has 3 amide bonds. The van der Waals surface area contributed by atoms with E-state index in [2.05, 4.69) is 15.3 Å². The number of nitrogens with zero attached hydrogens (tertiary/aromatic N) is 4. The summed E-state index contributed by atoms with van der Waals surface area (Å²) < 4.78 is 44.3. The van der Waals surface area contributed by atoms with E-state index in [0.717, 1.165) is 6.92 Å². The summed E-state index contributed by atoms with van der Waals surface area (Å²) in [5, 5.41) is 23.0. The molecule has 0 saturated carbocycles. The summed E-state index contributed by atoms with van der Waals surface area (Å²) in [6.07, 6.45) is -3.66. The Hall–Kier alpha value is -3.65. The standard InChI is InChI=1S/C23H27F3N6O5/c1-12-7-17(21(35)28-13(2)23(24,25)26)29-20-19(12)31-6-4-14(9-31)32(20)22(36)30-18-8-16(3-5-27-18)37-11-15(34)10-33/h3,5,7-8,13-15,33-34H,4,6,9-11H2,1-2H3,(H,28,35)(H,27,30,36)/t13-,14?,15-/m1/s1. The summed E-state index contributed by atoms with van der Waals surface area (Å²) in [6, 6.07) is 1.44. The first-order valence-corrected chi connectivity index (χ1v) is 11.6. The van der Waals surface area contributed by atoms with E-state index in [-0.39, 0.29) is 30.0 Å². The molecule has 0 aliphatic carbocycles. The molecule has 0 radical (unpaired) electrons. The van der Waals surface area contributed by atoms with Gasteiger partial charge in [0.1, 0.15) is 36.0 Å². The molecule has 3 atom stereocenters. The minimum atomic E-state index is -4.61. The molecule has 4 rings (SSSR count). The zero-order valence-electron chi connectivity index (χ0n) is 20.1. The van der Waals surface area contributed by atoms with Crippen LogP contribution in [0.1, 0.15) is 29.4 Å². The Morgan fingerprint density at radius 1 is 1.32 bits per heavy atom. The summed E-state index contributed by atoms with van der Waals surface area (Å²) in [6.45, 7) is 3.10. The molecule has 0 aromatic carbocycles. The van der Waals surface area contributed by atoms with Gasteiger partial charge in [0.2, 0.25) is 0 Å². The van der Waals surface area contributed by atoms with Crippen molar-refractivity contribution in [2.75, 3.05) is 41.4 Å². The second-order valence-electron chi connectivity index (χ2n) is 8.95. The molecule has 0 spiro atoms. The number of alkyl halides is 3. The predicted octanol–water partition coefficient (Wildman–Crippen LogP) is 1.83. The van der Waals surface area contributed by atoms with Crippen LogP contribution in [0.15, 0.2) is 24.4 Å². The summed E-state index contributed by atoms with van der Waals surface area (Å²) in [5.41, 5.74) is 1.000. The molecule has 1 fully saturated rings. The van der Waals surface area contributed by atoms with Gasteiger partial charge in [0, 0.05) is 25.4 Å². The first-order chi connectivity index (χ1) is 17.5. The number of fused-ring (bicyclic) bond motifs is 4. The number of aliphatic hydroxyl groups is 2. The third kappa shape index (κ3) is 5.69. The summed E-state index contributed by atoms with van der Waals surface area (Å²) in [4.78, 5) is 37.8. The highest BCUT2D eigenvalue weighted by molar-refractivity contribution is 6.05. The quantitative estimate of drug-likeness (QED) is 0.430. The summed E-state index contributed by atoms with van der Waals surface area (Å²) in [7, 11) is 0. The number of aromatic nitrogens is 2. The van der Waals surface area contributed by atoms with Gasteiger partial charge in [-0.05, 0) is 38.0 Å². The van der Waals surface area contributed by atoms with E-state index < -0.39 is 36.9 Å². The van der Waals surface area contributed by atoms with Gasteiger partial charge in [-0.25, -0.2) is 14.8 Å². The highest BCUT2D eigenvalue weighted by atomic mass is 19.4. The van der Waals surface area contributed by atoms with E-state index in [4.69, 9.17) is 9.84 Å². The maximum Gasteiger partial charge on any atom is 0.408 e. The van der Waals surface area contributed by atoms with Gasteiger partial charge in [-0.1, -0.05) is 0 Å². The number of ether oxygens (including phenoxy) is 1. The fraction of sp³-hybridized carbons (Fsp3) is 0.478. The van der Waals surface area contributed by atoms with Crippen LogP contribution in [0.4, 0.5) is 35.3 Å². The minimum absolute atomic E-state index is 0.146. The SMILES string of the molecule is Cc1cc(C(=O)N[C@H](C)C(F)(F)F)nc2c1N1CCC(C1)N2C(=O)Nc1cc(OC[C@H](O)CO)ccn1. The topological polar surface area (TPSA) is 140 Å². The molecule has 2 aliphatic rings. The molecule has 14 heteroatoms. The number of halogens is 3. The highest BCUT2D eigenvalue weighted by Gasteiger charge is 2.42. The number of urea groups is 1. The number of anilines is 3. The van der Waals surface area contributed by atoms with Gasteiger partial charge in [0.15, 0.2) is 5.82 Å². The number of amides is 3. The van der Waals surface area contributed by atoms with E-state index in [9.17, 15) is 27.9 Å². The number of aliphatic hydroxyl groups excluding tert-OH is 2. The fourth-order valence-corrected chi connectivity index (χ4v) is 4.25. The largest absolute Gasteiger partial charge is 0.491 e. The molecule has 4 N–H and O–H groups in total. The highest BCUT2D eigenvalue weighted by Crippen LogP contribution is 2.41. The number of carbonyl (C=O) groups excluding carboxylic acids is 2. The smallest absolute Gasteiger partial charge is 0.408 e. The summed E-state index contributed by atoms with van der Waals surface area (Å²) >= 11 is 0. The molecular weight excluding hydrogens is 497 g/mol. The minimum Gasteiger partial charge on any atom is -0.491 e. The van der Waals surface area contributed by atoms with Gasteiger partial charge in [0.25, 0.3) is 5.91 Å². The average molecular weight is 525 g/mol. The Kier molecular flexibility index (Phi) is 7.41. The molecule has 4 heterocycles. The zero-order valence-corrected chi connectivity index (χ0v) is 20.1. The zero-order chi connectivity index (χ0) is 26.9. The van der Waals surface area contributed by atoms with Gasteiger partial charge < -0.3 is 25.2 Å². The van der Waals surface area contributed by atoms with Crippen molar-refractivity contribution < 1.29 is 37.7 Å². The van der Waals surface area contributed by atoms with E-state index in [1.54, 1.807) is 6.92 Å². The lowest BCUT2D eigenvalue weighted by Crippen LogP contribution is -2.49. The number of nitrogens with one attached hydrogen (secondary N) is 2. The van der Waals surface area contributed by atoms with Crippen molar-refractivity contribution in [2.24, 2.45) is 0 Å². The molecule has 1 saturated heterocycles. The third-order valence-electron chi connectivity index (χ3n) is 6.15. The Bertz CT molecular complexity index is 1180. The van der Waals surface area contributed by atoms with Gasteiger partial charge in [-0.2, -0.15) is 13.2 Å². The van der Waals surface area contributed by atoms with Crippen molar-refractivity contribution >= 4 is 29.3 Å². The van der Waals surface area contributed by atoms with E-state index in [0.29, 0.717) is 36.5 Å². The number of hydrogen-bond donors (Lipinski definition) is 4. The lowest BCUT2D eigenvalue weighted by molar-refractivity contribution is -0.149. The van der Waals surface area contributed by atoms with Crippen LogP contribution in [0, 0.1) is 6.92 Å². The second-order valence-corrected chi connectivity index (χ2v) is 8.95. The Morgan fingerprint density at radius 2 is 2.08 bits per heavy atom. The lowest BCUT2D eigenvalue weighted by Gasteiger charge is -2.36. The average Bonchev–Trinajstić information content (AvgIpc) is 3.24. The number of carbonyl (C=O) groups is 2. The van der Waals surface area contributed by atoms with Gasteiger partial charge >= 0.3 is 12.2 Å². The van der Waals surface area contributed by atoms with E-state index >= 15 is 0 Å². The van der Waals surface area contributed by atoms with Crippen molar-refractivity contribution in [2.45, 2.75) is 44.6 Å². The summed E-state index contributed by atoms with van der Waals surface area (Å²) in [5.74, 6) is -0.377. The predicted molar refractivity (Wildman–Crippen MR) is 127 cm³/mol. The third-order valence-corrected chi connectivity index (χ3v) is 6.15. The molecule has 2 aromatic rings. The molecule has 2 aromatic heterocycles. The fourth-order valence-electron chi connectivity index (χ4n) is 4.25. The van der Waals surface area contributed by atoms with Crippen LogP contribution in [0.2, 0.25) is 0 Å². The van der Waals surface area contributed by atoms with Crippen LogP contribution in [0.25, 0.3) is 0 Å². The maximum absolute atomic E-state index is 13.4. The van der Waals surface area contributed by atoms with Crippen molar-refractivity contribution in [3.05, 3.63) is 35.7 Å². The van der Waals surface area contributed by atoms with Crippen molar-refractivity contribution in [1.82, 2.24) is 15.3 Å². The lowest BCUT2D eigenvalue weighted by atomic mass is 10.1. The molecule has 11 nitrogen and oxygen atoms in total. The van der Waals surface area contributed by atoms with Crippen LogP contribution >= 0.6 is 0 Å². The number of aryl methyl sites for hydroxylation is 1. The van der Waals surface area contributed by atoms with Crippen molar-refractivity contribution in [1.29, 1.82) is 0 Å². The first kappa shape index (κ1) is 26.4. The maximum atomic E-state index is 13.4. The Morgan fingerprint density at radius 3 is 2.78 bits per heavy atom. The second kappa shape index (κ2) is 10.4. The van der Waals surface area contributed by atoms with Crippen molar-refractivity contribution in [3.8, 4) is 5.75 Å². The molecule has 200 valence electrons. The van der Waals surface area contributed by atoms with E-state index in [1.165, 1.54) is 29.3 Å². The molecular formula is C23H27F3N6O5. The van der Waals surface area contributed by atoms with Gasteiger partial charge in [-0.15, -0.1) is 0 Å². The monoisotopic (exact) mass is 524 g/mol. The van der Waals surface area contributed by atoms with Crippen LogP contribution in [0.3, 0.4) is 0 Å². The Labute approximate surface area is 210 Å². The van der Waals surface area contributed by atoms with Crippen LogP contribution in [-0.4, -0.2) is 82.8 Å². The van der Waals surface area contributed by atoms with Crippen LogP contribution < -0.4 is 25.2 Å². The van der Waals surface area contributed by atoms with Crippen molar-refractivity contribution in [3.63, 3.8) is 0 Å². The molecule has 1 unspecified atom stereocenters. The first-order valence-electron chi connectivity index (χ1n) is 11.6. The van der Waals surface area contributed by atoms with Crippen LogP contribution in [0.5, 0.6) is 5.75 Å². The molecule has 2 aliphatic heterocycles. The number of pyridine rings is 2. The van der Waals surface area contributed by atoms with Gasteiger partial charge in [0.05, 0.1) is 18.3 Å². The van der Waals surface area contributed by atoms with E-state index in [1.807, 2.05) is 10.2 Å².